The van der Waals surface area contributed by atoms with Crippen molar-refractivity contribution in [1.82, 2.24) is 0 Å². The van der Waals surface area contributed by atoms with E-state index < -0.39 is 33.4 Å². The molecule has 9 nitrogen and oxygen atoms in total. The van der Waals surface area contributed by atoms with E-state index >= 15 is 0 Å². The van der Waals surface area contributed by atoms with E-state index in [-0.39, 0.29) is 27.7 Å². The molecule has 0 unspecified atom stereocenters. The number of amides is 1. The van der Waals surface area contributed by atoms with Gasteiger partial charge in [-0.05, 0) is 24.3 Å². The summed E-state index contributed by atoms with van der Waals surface area (Å²) >= 11 is 5.88. The van der Waals surface area contributed by atoms with E-state index in [0.29, 0.717) is 0 Å². The van der Waals surface area contributed by atoms with E-state index in [1.807, 2.05) is 0 Å². The highest BCUT2D eigenvalue weighted by Gasteiger charge is 2.23. The highest BCUT2D eigenvalue weighted by Crippen LogP contribution is 2.33. The fraction of sp³-hybridized carbons (Fsp3) is 0.0667. The molecule has 0 spiro atoms. The van der Waals surface area contributed by atoms with Gasteiger partial charge in [0, 0.05) is 11.8 Å². The zero-order valence-corrected chi connectivity index (χ0v) is 14.7. The number of primary amides is 1. The summed E-state index contributed by atoms with van der Waals surface area (Å²) in [5, 5.41) is 8.94. The summed E-state index contributed by atoms with van der Waals surface area (Å²) < 4.78 is 32.6. The number of anilines is 2. The van der Waals surface area contributed by atoms with Crippen molar-refractivity contribution in [3.8, 4) is 5.75 Å². The molecule has 2 aromatic carbocycles. The van der Waals surface area contributed by atoms with E-state index in [4.69, 9.17) is 32.9 Å². The molecule has 0 fully saturated rings. The van der Waals surface area contributed by atoms with Crippen molar-refractivity contribution in [2.24, 2.45) is 5.73 Å². The number of carbonyl (C=O) groups is 2. The summed E-state index contributed by atoms with van der Waals surface area (Å²) in [6.07, 6.45) is 0. The zero-order chi connectivity index (χ0) is 19.5. The monoisotopic (exact) mass is 399 g/mol. The topological polar surface area (TPSA) is 162 Å². The number of nitrogens with one attached hydrogen (secondary N) is 1. The Labute approximate surface area is 153 Å². The Morgan fingerprint density at radius 3 is 2.54 bits per heavy atom. The number of halogens is 1. The number of carboxylic acid groups (broad SMARTS) is 1. The molecule has 1 amide bonds. The molecule has 0 aliphatic carbocycles. The number of carbonyl (C=O) groups excluding carboxylic acids is 1. The molecule has 0 aliphatic rings. The van der Waals surface area contributed by atoms with Crippen LogP contribution in [-0.4, -0.2) is 32.0 Å². The third-order valence-corrected chi connectivity index (χ3v) is 4.81. The molecular formula is C15H14ClN3O6S. The molecular weight excluding hydrogens is 386 g/mol. The minimum absolute atomic E-state index is 0.0127. The van der Waals surface area contributed by atoms with Gasteiger partial charge in [0.25, 0.3) is 15.9 Å². The lowest BCUT2D eigenvalue weighted by Crippen LogP contribution is -2.22. The van der Waals surface area contributed by atoms with Crippen LogP contribution in [-0.2, 0) is 14.8 Å². The van der Waals surface area contributed by atoms with Gasteiger partial charge in [-0.25, -0.2) is 13.2 Å². The predicted molar refractivity (Wildman–Crippen MR) is 94.8 cm³/mol. The molecule has 0 heterocycles. The van der Waals surface area contributed by atoms with Gasteiger partial charge in [-0.1, -0.05) is 17.7 Å². The number of ether oxygens (including phenoxy) is 1. The van der Waals surface area contributed by atoms with Crippen LogP contribution in [0, 0.1) is 0 Å². The van der Waals surface area contributed by atoms with Crippen LogP contribution in [0.3, 0.4) is 0 Å². The Bertz CT molecular complexity index is 977. The van der Waals surface area contributed by atoms with Crippen molar-refractivity contribution < 1.29 is 27.9 Å². The number of hydrogen-bond donors (Lipinski definition) is 4. The summed E-state index contributed by atoms with van der Waals surface area (Å²) in [7, 11) is -4.23. The van der Waals surface area contributed by atoms with Gasteiger partial charge in [-0.2, -0.15) is 0 Å². The van der Waals surface area contributed by atoms with Crippen LogP contribution in [0.1, 0.15) is 10.4 Å². The summed E-state index contributed by atoms with van der Waals surface area (Å²) in [4.78, 5) is 21.5. The van der Waals surface area contributed by atoms with Crippen LogP contribution in [0.5, 0.6) is 5.75 Å². The number of hydrogen-bond acceptors (Lipinski definition) is 6. The molecule has 0 aliphatic heterocycles. The lowest BCUT2D eigenvalue weighted by atomic mass is 10.2. The molecule has 2 aromatic rings. The Morgan fingerprint density at radius 1 is 1.23 bits per heavy atom. The van der Waals surface area contributed by atoms with Crippen molar-refractivity contribution in [3.05, 3.63) is 47.0 Å². The first-order chi connectivity index (χ1) is 12.1. The first-order valence-corrected chi connectivity index (χ1v) is 8.82. The Morgan fingerprint density at radius 2 is 1.92 bits per heavy atom. The molecule has 0 atom stereocenters. The maximum absolute atomic E-state index is 12.7. The molecule has 26 heavy (non-hydrogen) atoms. The Balaban J connectivity index is 2.44. The van der Waals surface area contributed by atoms with Crippen LogP contribution in [0.2, 0.25) is 5.02 Å². The second-order valence-electron chi connectivity index (χ2n) is 5.07. The standard InChI is InChI=1S/C15H14ClN3O6S/c16-10-5-13(12(6-11(10)17)25-7-14(18)20)26(23,24)19-9-3-1-2-8(4-9)15(21)22/h1-6,19H,7,17H2,(H2,18,20)(H,21,22). The first kappa shape index (κ1) is 19.3. The Kier molecular flexibility index (Phi) is 5.58. The van der Waals surface area contributed by atoms with Gasteiger partial charge in [-0.3, -0.25) is 9.52 Å². The van der Waals surface area contributed by atoms with Gasteiger partial charge in [0.2, 0.25) is 0 Å². The maximum Gasteiger partial charge on any atom is 0.335 e. The third-order valence-electron chi connectivity index (χ3n) is 3.08. The van der Waals surface area contributed by atoms with Gasteiger partial charge < -0.3 is 21.3 Å². The zero-order valence-electron chi connectivity index (χ0n) is 13.1. The second kappa shape index (κ2) is 7.50. The van der Waals surface area contributed by atoms with Crippen LogP contribution in [0.15, 0.2) is 41.3 Å². The fourth-order valence-electron chi connectivity index (χ4n) is 1.95. The van der Waals surface area contributed by atoms with E-state index in [9.17, 15) is 18.0 Å². The number of carboxylic acids is 1. The summed E-state index contributed by atoms with van der Waals surface area (Å²) in [5.74, 6) is -2.26. The maximum atomic E-state index is 12.7. The quantitative estimate of drug-likeness (QED) is 0.509. The number of nitrogens with two attached hydrogens (primary N) is 2. The minimum atomic E-state index is -4.23. The SMILES string of the molecule is NC(=O)COc1cc(N)c(Cl)cc1S(=O)(=O)Nc1cccc(C(=O)O)c1. The Hall–Kier alpha value is -2.98. The molecule has 11 heteroatoms. The number of sulfonamides is 1. The lowest BCUT2D eigenvalue weighted by molar-refractivity contribution is -0.120. The fourth-order valence-corrected chi connectivity index (χ4v) is 3.38. The minimum Gasteiger partial charge on any atom is -0.482 e. The van der Waals surface area contributed by atoms with Gasteiger partial charge in [0.15, 0.2) is 6.61 Å². The molecule has 0 saturated carbocycles. The molecule has 0 bridgehead atoms. The highest BCUT2D eigenvalue weighted by atomic mass is 35.5. The van der Waals surface area contributed by atoms with E-state index in [2.05, 4.69) is 4.72 Å². The van der Waals surface area contributed by atoms with Crippen LogP contribution >= 0.6 is 11.6 Å². The van der Waals surface area contributed by atoms with Crippen molar-refractivity contribution in [2.45, 2.75) is 4.90 Å². The summed E-state index contributed by atoms with van der Waals surface area (Å²) in [5.41, 5.74) is 10.6. The second-order valence-corrected chi connectivity index (χ2v) is 7.12. The van der Waals surface area contributed by atoms with Crippen molar-refractivity contribution in [1.29, 1.82) is 0 Å². The molecule has 0 saturated heterocycles. The molecule has 2 rings (SSSR count). The average molecular weight is 400 g/mol. The number of rotatable bonds is 7. The predicted octanol–water partition coefficient (Wildman–Crippen LogP) is 1.29. The first-order valence-electron chi connectivity index (χ1n) is 6.96. The number of benzene rings is 2. The largest absolute Gasteiger partial charge is 0.482 e. The number of aromatic carboxylic acids is 1. The normalized spacial score (nSPS) is 11.0. The van der Waals surface area contributed by atoms with Crippen LogP contribution in [0.25, 0.3) is 0 Å². The van der Waals surface area contributed by atoms with Gasteiger partial charge in [0.05, 0.1) is 16.3 Å². The highest BCUT2D eigenvalue weighted by molar-refractivity contribution is 7.92. The lowest BCUT2D eigenvalue weighted by Gasteiger charge is -2.14. The van der Waals surface area contributed by atoms with Gasteiger partial charge >= 0.3 is 5.97 Å². The smallest absolute Gasteiger partial charge is 0.335 e. The van der Waals surface area contributed by atoms with Gasteiger partial charge in [0.1, 0.15) is 10.6 Å². The van der Waals surface area contributed by atoms with E-state index in [1.165, 1.54) is 18.2 Å². The molecule has 0 radical (unpaired) electrons. The molecule has 138 valence electrons. The molecule has 6 N–H and O–H groups in total. The van der Waals surface area contributed by atoms with E-state index in [0.717, 1.165) is 18.2 Å². The van der Waals surface area contributed by atoms with Crippen LogP contribution in [0.4, 0.5) is 11.4 Å². The summed E-state index contributed by atoms with van der Waals surface area (Å²) in [6.45, 7) is -0.571. The van der Waals surface area contributed by atoms with Crippen molar-refractivity contribution in [3.63, 3.8) is 0 Å². The van der Waals surface area contributed by atoms with E-state index in [1.54, 1.807) is 0 Å². The summed E-state index contributed by atoms with van der Waals surface area (Å²) in [6, 6.07) is 7.39. The van der Waals surface area contributed by atoms with Crippen molar-refractivity contribution >= 4 is 44.9 Å². The third kappa shape index (κ3) is 4.55. The molecule has 0 aromatic heterocycles. The van der Waals surface area contributed by atoms with Crippen LogP contribution < -0.4 is 20.9 Å². The number of nitrogen functional groups attached to an aromatic ring is 1. The average Bonchev–Trinajstić information content (AvgIpc) is 2.55. The van der Waals surface area contributed by atoms with Crippen molar-refractivity contribution in [2.75, 3.05) is 17.1 Å². The van der Waals surface area contributed by atoms with Gasteiger partial charge in [-0.15, -0.1) is 0 Å².